The minimum atomic E-state index is -3.34. The van der Waals surface area contributed by atoms with Crippen molar-refractivity contribution >= 4 is 33.1 Å². The lowest BCUT2D eigenvalue weighted by atomic mass is 10.2. The van der Waals surface area contributed by atoms with Gasteiger partial charge in [-0.3, -0.25) is 0 Å². The van der Waals surface area contributed by atoms with Crippen molar-refractivity contribution in [3.63, 3.8) is 0 Å². The third-order valence-corrected chi connectivity index (χ3v) is 7.42. The van der Waals surface area contributed by atoms with Gasteiger partial charge in [0.2, 0.25) is 10.0 Å². The van der Waals surface area contributed by atoms with Gasteiger partial charge in [-0.25, -0.2) is 13.1 Å². The lowest BCUT2D eigenvalue weighted by molar-refractivity contribution is 0.545. The van der Waals surface area contributed by atoms with Crippen LogP contribution in [0.15, 0.2) is 16.3 Å². The number of rotatable bonds is 7. The maximum Gasteiger partial charge on any atom is 0.250 e. The van der Waals surface area contributed by atoms with Crippen LogP contribution in [0.1, 0.15) is 31.1 Å². The van der Waals surface area contributed by atoms with Crippen LogP contribution in [-0.4, -0.2) is 32.5 Å². The standard InChI is InChI=1S/C13H22N2O2S3/c1-2-7-14-9-12-5-6-13(19-12)20(16,17)15-11-4-3-8-18-10-11/h5-6,11,14-15H,2-4,7-10H2,1H3. The number of thioether (sulfide) groups is 1. The van der Waals surface area contributed by atoms with Crippen LogP contribution in [0.2, 0.25) is 0 Å². The molecule has 1 unspecified atom stereocenters. The molecule has 1 aliphatic heterocycles. The van der Waals surface area contributed by atoms with Crippen molar-refractivity contribution in [2.75, 3.05) is 18.1 Å². The minimum absolute atomic E-state index is 0.0857. The molecule has 4 nitrogen and oxygen atoms in total. The van der Waals surface area contributed by atoms with Crippen LogP contribution in [0.4, 0.5) is 0 Å². The quantitative estimate of drug-likeness (QED) is 0.752. The summed E-state index contributed by atoms with van der Waals surface area (Å²) in [7, 11) is -3.34. The van der Waals surface area contributed by atoms with Crippen LogP contribution >= 0.6 is 23.1 Å². The summed E-state index contributed by atoms with van der Waals surface area (Å²) < 4.78 is 27.9. The normalized spacial score (nSPS) is 20.1. The number of hydrogen-bond acceptors (Lipinski definition) is 5. The molecule has 114 valence electrons. The summed E-state index contributed by atoms with van der Waals surface area (Å²) in [6, 6.07) is 3.70. The molecule has 7 heteroatoms. The van der Waals surface area contributed by atoms with Gasteiger partial charge in [-0.05, 0) is 43.7 Å². The van der Waals surface area contributed by atoms with E-state index in [1.165, 1.54) is 11.3 Å². The SMILES string of the molecule is CCCNCc1ccc(S(=O)(=O)NC2CCCSC2)s1. The van der Waals surface area contributed by atoms with Crippen molar-refractivity contribution in [3.8, 4) is 0 Å². The predicted molar refractivity (Wildman–Crippen MR) is 87.0 cm³/mol. The monoisotopic (exact) mass is 334 g/mol. The molecule has 1 fully saturated rings. The summed E-state index contributed by atoms with van der Waals surface area (Å²) in [4.78, 5) is 1.07. The molecule has 1 saturated heterocycles. The Bertz CT molecular complexity index is 507. The van der Waals surface area contributed by atoms with Crippen molar-refractivity contribution in [1.82, 2.24) is 10.0 Å². The van der Waals surface area contributed by atoms with Crippen molar-refractivity contribution in [3.05, 3.63) is 17.0 Å². The molecular weight excluding hydrogens is 312 g/mol. The Hall–Kier alpha value is -0.0800. The van der Waals surface area contributed by atoms with Crippen molar-refractivity contribution < 1.29 is 8.42 Å². The second-order valence-corrected chi connectivity index (χ2v) is 9.19. The van der Waals surface area contributed by atoms with E-state index in [-0.39, 0.29) is 6.04 Å². The van der Waals surface area contributed by atoms with Gasteiger partial charge in [-0.15, -0.1) is 11.3 Å². The number of nitrogens with one attached hydrogen (secondary N) is 2. The summed E-state index contributed by atoms with van der Waals surface area (Å²) in [6.45, 7) is 3.81. The number of thiophene rings is 1. The Morgan fingerprint density at radius 3 is 2.95 bits per heavy atom. The molecule has 2 heterocycles. The lowest BCUT2D eigenvalue weighted by Gasteiger charge is -2.21. The summed E-state index contributed by atoms with van der Waals surface area (Å²) in [6.07, 6.45) is 3.12. The molecular formula is C13H22N2O2S3. The van der Waals surface area contributed by atoms with Gasteiger partial charge in [-0.2, -0.15) is 11.8 Å². The van der Waals surface area contributed by atoms with E-state index < -0.39 is 10.0 Å². The van der Waals surface area contributed by atoms with Crippen LogP contribution in [0.3, 0.4) is 0 Å². The maximum absolute atomic E-state index is 12.3. The highest BCUT2D eigenvalue weighted by molar-refractivity contribution is 7.99. The Morgan fingerprint density at radius 2 is 2.25 bits per heavy atom. The molecule has 2 N–H and O–H groups in total. The van der Waals surface area contributed by atoms with Gasteiger partial charge in [0.1, 0.15) is 4.21 Å². The number of sulfonamides is 1. The average Bonchev–Trinajstić information content (AvgIpc) is 2.89. The Kier molecular flexibility index (Phi) is 6.35. The van der Waals surface area contributed by atoms with Crippen LogP contribution in [-0.2, 0) is 16.6 Å². The van der Waals surface area contributed by atoms with Crippen LogP contribution < -0.4 is 10.0 Å². The van der Waals surface area contributed by atoms with E-state index in [1.54, 1.807) is 6.07 Å². The van der Waals surface area contributed by atoms with Crippen molar-refractivity contribution in [2.24, 2.45) is 0 Å². The third kappa shape index (κ3) is 4.73. The van der Waals surface area contributed by atoms with Gasteiger partial charge >= 0.3 is 0 Å². The van der Waals surface area contributed by atoms with Gasteiger partial charge in [0.25, 0.3) is 0 Å². The zero-order valence-electron chi connectivity index (χ0n) is 11.7. The van der Waals surface area contributed by atoms with E-state index >= 15 is 0 Å². The fraction of sp³-hybridized carbons (Fsp3) is 0.692. The fourth-order valence-corrected chi connectivity index (χ4v) is 5.89. The minimum Gasteiger partial charge on any atom is -0.312 e. The largest absolute Gasteiger partial charge is 0.312 e. The maximum atomic E-state index is 12.3. The second-order valence-electron chi connectivity index (χ2n) is 4.93. The summed E-state index contributed by atoms with van der Waals surface area (Å²) >= 11 is 3.18. The molecule has 0 bridgehead atoms. The van der Waals surface area contributed by atoms with E-state index in [0.29, 0.717) is 4.21 Å². The lowest BCUT2D eigenvalue weighted by Crippen LogP contribution is -2.37. The molecule has 2 rings (SSSR count). The molecule has 0 spiro atoms. The highest BCUT2D eigenvalue weighted by Crippen LogP contribution is 2.24. The van der Waals surface area contributed by atoms with Crippen molar-refractivity contribution in [1.29, 1.82) is 0 Å². The molecule has 0 radical (unpaired) electrons. The first-order valence-electron chi connectivity index (χ1n) is 7.01. The molecule has 0 aliphatic carbocycles. The summed E-state index contributed by atoms with van der Waals surface area (Å²) in [5.74, 6) is 2.03. The molecule has 0 aromatic carbocycles. The average molecular weight is 335 g/mol. The van der Waals surface area contributed by atoms with E-state index in [0.717, 1.165) is 48.7 Å². The second kappa shape index (κ2) is 7.79. The van der Waals surface area contributed by atoms with Gasteiger partial charge in [-0.1, -0.05) is 6.92 Å². The molecule has 20 heavy (non-hydrogen) atoms. The predicted octanol–water partition coefficient (Wildman–Crippen LogP) is 2.42. The zero-order valence-corrected chi connectivity index (χ0v) is 14.2. The zero-order chi connectivity index (χ0) is 14.4. The third-order valence-electron chi connectivity index (χ3n) is 3.11. The van der Waals surface area contributed by atoms with Crippen LogP contribution in [0, 0.1) is 0 Å². The molecule has 1 aromatic heterocycles. The first-order chi connectivity index (χ1) is 9.62. The fourth-order valence-electron chi connectivity index (χ4n) is 2.10. The van der Waals surface area contributed by atoms with E-state index in [9.17, 15) is 8.42 Å². The van der Waals surface area contributed by atoms with Gasteiger partial charge in [0, 0.05) is 23.2 Å². The first-order valence-corrected chi connectivity index (χ1v) is 10.5. The van der Waals surface area contributed by atoms with Gasteiger partial charge in [0.05, 0.1) is 0 Å². The molecule has 0 saturated carbocycles. The smallest absolute Gasteiger partial charge is 0.250 e. The molecule has 1 aromatic rings. The first kappa shape index (κ1) is 16.3. The highest BCUT2D eigenvalue weighted by Gasteiger charge is 2.23. The van der Waals surface area contributed by atoms with E-state index in [2.05, 4.69) is 17.0 Å². The van der Waals surface area contributed by atoms with Crippen LogP contribution in [0.5, 0.6) is 0 Å². The molecule has 1 aliphatic rings. The molecule has 1 atom stereocenters. The van der Waals surface area contributed by atoms with Gasteiger partial charge in [0.15, 0.2) is 0 Å². The Labute approximate surface area is 129 Å². The van der Waals surface area contributed by atoms with E-state index in [1.807, 2.05) is 17.8 Å². The van der Waals surface area contributed by atoms with Gasteiger partial charge < -0.3 is 5.32 Å². The number of hydrogen-bond donors (Lipinski definition) is 2. The van der Waals surface area contributed by atoms with Crippen molar-refractivity contribution in [2.45, 2.75) is 43.0 Å². The Morgan fingerprint density at radius 1 is 1.40 bits per heavy atom. The summed E-state index contributed by atoms with van der Waals surface area (Å²) in [5.41, 5.74) is 0. The topological polar surface area (TPSA) is 58.2 Å². The highest BCUT2D eigenvalue weighted by atomic mass is 32.2. The summed E-state index contributed by atoms with van der Waals surface area (Å²) in [5, 5.41) is 3.29. The Balaban J connectivity index is 1.94. The van der Waals surface area contributed by atoms with Crippen LogP contribution in [0.25, 0.3) is 0 Å². The molecule has 0 amide bonds. The van der Waals surface area contributed by atoms with E-state index in [4.69, 9.17) is 0 Å².